The molecular weight excluding hydrogens is 264 g/mol. The molecule has 1 unspecified atom stereocenters. The van der Waals surface area contributed by atoms with Crippen molar-refractivity contribution in [3.05, 3.63) is 60.4 Å². The fraction of sp³-hybridized carbons (Fsp3) is 0.250. The van der Waals surface area contributed by atoms with Gasteiger partial charge in [-0.25, -0.2) is 0 Å². The first-order valence-corrected chi connectivity index (χ1v) is 6.78. The number of dihydropyridines is 1. The van der Waals surface area contributed by atoms with E-state index in [9.17, 15) is 4.79 Å². The molecule has 0 aromatic heterocycles. The third-order valence-electron chi connectivity index (χ3n) is 2.71. The molecular formula is C16H22N4O. The molecule has 112 valence electrons. The molecule has 0 aromatic rings. The van der Waals surface area contributed by atoms with Crippen molar-refractivity contribution in [1.29, 1.82) is 0 Å². The molecule has 1 amide bonds. The Morgan fingerprint density at radius 2 is 2.33 bits per heavy atom. The Morgan fingerprint density at radius 3 is 2.95 bits per heavy atom. The lowest BCUT2D eigenvalue weighted by Crippen LogP contribution is -2.24. The Balaban J connectivity index is 2.96. The fourth-order valence-corrected chi connectivity index (χ4v) is 1.70. The van der Waals surface area contributed by atoms with Gasteiger partial charge in [-0.2, -0.15) is 5.10 Å². The maximum atomic E-state index is 10.8. The number of rotatable bonds is 7. The van der Waals surface area contributed by atoms with Crippen LogP contribution >= 0.6 is 0 Å². The minimum absolute atomic E-state index is 0.207. The van der Waals surface area contributed by atoms with E-state index in [1.54, 1.807) is 6.08 Å². The number of nitrogens with one attached hydrogen (secondary N) is 2. The summed E-state index contributed by atoms with van der Waals surface area (Å²) in [5.41, 5.74) is 10.3. The molecule has 0 radical (unpaired) electrons. The van der Waals surface area contributed by atoms with Crippen LogP contribution in [0.4, 0.5) is 0 Å². The molecule has 0 saturated heterocycles. The lowest BCUT2D eigenvalue weighted by molar-refractivity contribution is -0.113. The van der Waals surface area contributed by atoms with Crippen LogP contribution in [0.5, 0.6) is 0 Å². The number of carbonyl (C=O) groups is 1. The number of amides is 1. The van der Waals surface area contributed by atoms with Crippen molar-refractivity contribution in [2.45, 2.75) is 19.9 Å². The minimum Gasteiger partial charge on any atom is -0.385 e. The normalized spacial score (nSPS) is 18.7. The van der Waals surface area contributed by atoms with Crippen LogP contribution < -0.4 is 16.5 Å². The highest BCUT2D eigenvalue weighted by Gasteiger charge is 2.11. The summed E-state index contributed by atoms with van der Waals surface area (Å²) >= 11 is 0. The van der Waals surface area contributed by atoms with Crippen LogP contribution in [-0.2, 0) is 4.79 Å². The molecule has 1 aliphatic heterocycles. The summed E-state index contributed by atoms with van der Waals surface area (Å²) in [5, 5.41) is 7.53. The molecule has 5 nitrogen and oxygen atoms in total. The number of hydrogen-bond donors (Lipinski definition) is 3. The SMILES string of the molecule is C=C(/C=C/C(N)=O)/C(=N\NC/C=C\C)C1=CC(C)NC=C1. The van der Waals surface area contributed by atoms with Gasteiger partial charge in [-0.3, -0.25) is 4.79 Å². The average molecular weight is 286 g/mol. The lowest BCUT2D eigenvalue weighted by Gasteiger charge is -2.16. The first kappa shape index (κ1) is 16.5. The second-order valence-electron chi connectivity index (χ2n) is 4.56. The van der Waals surface area contributed by atoms with E-state index in [2.05, 4.69) is 22.4 Å². The molecule has 4 N–H and O–H groups in total. The number of hydrazone groups is 1. The highest BCUT2D eigenvalue weighted by molar-refractivity contribution is 6.15. The third kappa shape index (κ3) is 5.95. The van der Waals surface area contributed by atoms with Gasteiger partial charge in [0, 0.05) is 17.7 Å². The van der Waals surface area contributed by atoms with Gasteiger partial charge < -0.3 is 16.5 Å². The molecule has 0 aromatic carbocycles. The molecule has 1 rings (SSSR count). The van der Waals surface area contributed by atoms with Crippen molar-refractivity contribution in [3.63, 3.8) is 0 Å². The van der Waals surface area contributed by atoms with Crippen molar-refractivity contribution in [2.75, 3.05) is 6.54 Å². The summed E-state index contributed by atoms with van der Waals surface area (Å²) in [5.74, 6) is -0.513. The zero-order chi connectivity index (χ0) is 15.7. The van der Waals surface area contributed by atoms with Crippen LogP contribution in [0.3, 0.4) is 0 Å². The Kier molecular flexibility index (Phi) is 6.74. The van der Waals surface area contributed by atoms with Crippen LogP contribution in [0.1, 0.15) is 13.8 Å². The van der Waals surface area contributed by atoms with Crippen LogP contribution in [0.25, 0.3) is 0 Å². The van der Waals surface area contributed by atoms with E-state index < -0.39 is 5.91 Å². The zero-order valence-electron chi connectivity index (χ0n) is 12.5. The fourth-order valence-electron chi connectivity index (χ4n) is 1.70. The lowest BCUT2D eigenvalue weighted by atomic mass is 9.99. The van der Waals surface area contributed by atoms with E-state index >= 15 is 0 Å². The van der Waals surface area contributed by atoms with Crippen molar-refractivity contribution in [3.8, 4) is 0 Å². The topological polar surface area (TPSA) is 79.5 Å². The van der Waals surface area contributed by atoms with Crippen LogP contribution in [0.2, 0.25) is 0 Å². The molecule has 21 heavy (non-hydrogen) atoms. The molecule has 0 saturated carbocycles. The number of hydrogen-bond acceptors (Lipinski definition) is 4. The van der Waals surface area contributed by atoms with Crippen LogP contribution in [0, 0.1) is 0 Å². The quantitative estimate of drug-likeness (QED) is 0.166. The van der Waals surface area contributed by atoms with E-state index in [0.717, 1.165) is 5.57 Å². The third-order valence-corrected chi connectivity index (χ3v) is 2.71. The average Bonchev–Trinajstić information content (AvgIpc) is 2.45. The number of allylic oxidation sites excluding steroid dienone is 5. The van der Waals surface area contributed by atoms with Crippen LogP contribution in [0.15, 0.2) is 65.5 Å². The first-order chi connectivity index (χ1) is 10.0. The van der Waals surface area contributed by atoms with Crippen molar-refractivity contribution < 1.29 is 4.79 Å². The Bertz CT molecular complexity index is 538. The summed E-state index contributed by atoms with van der Waals surface area (Å²) in [6, 6.07) is 0.207. The van der Waals surface area contributed by atoms with Crippen LogP contribution in [-0.4, -0.2) is 24.2 Å². The molecule has 0 bridgehead atoms. The van der Waals surface area contributed by atoms with E-state index in [0.29, 0.717) is 17.8 Å². The summed E-state index contributed by atoms with van der Waals surface area (Å²) < 4.78 is 0. The molecule has 0 fully saturated rings. The molecule has 1 heterocycles. The maximum absolute atomic E-state index is 10.8. The van der Waals surface area contributed by atoms with Crippen molar-refractivity contribution in [1.82, 2.24) is 10.7 Å². The highest BCUT2D eigenvalue weighted by Crippen LogP contribution is 2.13. The van der Waals surface area contributed by atoms with Gasteiger partial charge >= 0.3 is 0 Å². The number of primary amides is 1. The van der Waals surface area contributed by atoms with Crippen molar-refractivity contribution in [2.24, 2.45) is 10.8 Å². The van der Waals surface area contributed by atoms with E-state index in [4.69, 9.17) is 5.73 Å². The predicted molar refractivity (Wildman–Crippen MR) is 87.5 cm³/mol. The molecule has 5 heteroatoms. The summed E-state index contributed by atoms with van der Waals surface area (Å²) in [6.07, 6.45) is 12.6. The Labute approximate surface area is 125 Å². The van der Waals surface area contributed by atoms with Gasteiger partial charge in [0.25, 0.3) is 0 Å². The van der Waals surface area contributed by atoms with Gasteiger partial charge in [0.15, 0.2) is 0 Å². The van der Waals surface area contributed by atoms with E-state index in [1.165, 1.54) is 6.08 Å². The zero-order valence-corrected chi connectivity index (χ0v) is 12.5. The van der Waals surface area contributed by atoms with Gasteiger partial charge in [0.2, 0.25) is 5.91 Å². The smallest absolute Gasteiger partial charge is 0.241 e. The van der Waals surface area contributed by atoms with Crippen molar-refractivity contribution >= 4 is 11.6 Å². The van der Waals surface area contributed by atoms with Gasteiger partial charge in [0.1, 0.15) is 0 Å². The summed E-state index contributed by atoms with van der Waals surface area (Å²) in [7, 11) is 0. The predicted octanol–water partition coefficient (Wildman–Crippen LogP) is 1.54. The standard InChI is InChI=1S/C16H22N4O/c1-4-5-9-19-20-16(12(2)6-7-15(17)21)14-8-10-18-13(3)11-14/h4-8,10-11,13,18-19H,2,9H2,1,3H3,(H2,17,21)/b5-4-,7-6+,20-16+. The largest absolute Gasteiger partial charge is 0.385 e. The monoisotopic (exact) mass is 286 g/mol. The van der Waals surface area contributed by atoms with E-state index in [-0.39, 0.29) is 6.04 Å². The first-order valence-electron chi connectivity index (χ1n) is 6.78. The summed E-state index contributed by atoms with van der Waals surface area (Å²) in [4.78, 5) is 10.8. The number of nitrogens with two attached hydrogens (primary N) is 1. The summed E-state index contributed by atoms with van der Waals surface area (Å²) in [6.45, 7) is 8.55. The Hall–Kier alpha value is -2.56. The van der Waals surface area contributed by atoms with E-state index in [1.807, 2.05) is 44.4 Å². The minimum atomic E-state index is -0.513. The molecule has 0 aliphatic carbocycles. The number of nitrogens with zero attached hydrogens (tertiary/aromatic N) is 1. The van der Waals surface area contributed by atoms with Gasteiger partial charge in [-0.05, 0) is 37.8 Å². The molecule has 0 spiro atoms. The van der Waals surface area contributed by atoms with Gasteiger partial charge in [0.05, 0.1) is 12.3 Å². The molecule has 1 atom stereocenters. The maximum Gasteiger partial charge on any atom is 0.241 e. The Morgan fingerprint density at radius 1 is 1.57 bits per heavy atom. The highest BCUT2D eigenvalue weighted by atomic mass is 16.1. The second-order valence-corrected chi connectivity index (χ2v) is 4.56. The second kappa shape index (κ2) is 8.58. The number of carbonyl (C=O) groups excluding carboxylic acids is 1. The van der Waals surface area contributed by atoms with Gasteiger partial charge in [-0.15, -0.1) is 0 Å². The van der Waals surface area contributed by atoms with Gasteiger partial charge in [-0.1, -0.05) is 24.8 Å². The molecule has 1 aliphatic rings.